The number of ether oxygens (including phenoxy) is 3. The molecule has 1 amide bonds. The number of para-hydroxylation sites is 1. The van der Waals surface area contributed by atoms with E-state index in [9.17, 15) is 9.59 Å². The van der Waals surface area contributed by atoms with Gasteiger partial charge in [0, 0.05) is 5.56 Å². The number of nitrogens with zero attached hydrogens (tertiary/aromatic N) is 2. The largest absolute Gasteiger partial charge is 0.496 e. The molecular formula is C20H19N3O5S. The molecule has 2 aromatic carbocycles. The van der Waals surface area contributed by atoms with Crippen LogP contribution >= 0.6 is 11.8 Å². The van der Waals surface area contributed by atoms with Crippen LogP contribution in [0.25, 0.3) is 0 Å². The zero-order valence-corrected chi connectivity index (χ0v) is 16.7. The zero-order valence-electron chi connectivity index (χ0n) is 15.9. The maximum absolute atomic E-state index is 11.9. The highest BCUT2D eigenvalue weighted by Crippen LogP contribution is 2.24. The number of amidine groups is 1. The van der Waals surface area contributed by atoms with Gasteiger partial charge >= 0.3 is 5.97 Å². The van der Waals surface area contributed by atoms with E-state index in [1.807, 2.05) is 12.1 Å². The lowest BCUT2D eigenvalue weighted by molar-refractivity contribution is -0.116. The van der Waals surface area contributed by atoms with Crippen LogP contribution in [0.4, 0.5) is 0 Å². The number of esters is 1. The molecule has 1 heterocycles. The third-order valence-electron chi connectivity index (χ3n) is 3.92. The van der Waals surface area contributed by atoms with Crippen LogP contribution in [0, 0.1) is 0 Å². The number of benzene rings is 2. The number of rotatable bonds is 7. The average Bonchev–Trinajstić information content (AvgIpc) is 3.17. The van der Waals surface area contributed by atoms with E-state index < -0.39 is 5.97 Å². The van der Waals surface area contributed by atoms with Crippen LogP contribution in [0.5, 0.6) is 11.5 Å². The molecule has 0 atom stereocenters. The number of hydrogen-bond donors (Lipinski definition) is 1. The monoisotopic (exact) mass is 413 g/mol. The SMILES string of the molecule is COC(=O)c1ccccc1OCc1cc(C=NN=C2NC(=O)CS2)ccc1OC. The minimum atomic E-state index is -0.468. The van der Waals surface area contributed by atoms with E-state index in [0.29, 0.717) is 28.0 Å². The number of nitrogens with one attached hydrogen (secondary N) is 1. The molecule has 3 rings (SSSR count). The van der Waals surface area contributed by atoms with Gasteiger partial charge in [0.25, 0.3) is 0 Å². The van der Waals surface area contributed by atoms with Gasteiger partial charge in [-0.2, -0.15) is 5.10 Å². The Morgan fingerprint density at radius 3 is 2.76 bits per heavy atom. The first kappa shape index (κ1) is 20.4. The molecule has 1 aliphatic rings. The van der Waals surface area contributed by atoms with Crippen molar-refractivity contribution in [1.82, 2.24) is 5.32 Å². The van der Waals surface area contributed by atoms with Crippen LogP contribution in [0.15, 0.2) is 52.7 Å². The van der Waals surface area contributed by atoms with E-state index in [4.69, 9.17) is 14.2 Å². The molecular weight excluding hydrogens is 394 g/mol. The Kier molecular flexibility index (Phi) is 6.85. The smallest absolute Gasteiger partial charge is 0.341 e. The van der Waals surface area contributed by atoms with Gasteiger partial charge in [-0.3, -0.25) is 4.79 Å². The molecule has 0 aliphatic carbocycles. The summed E-state index contributed by atoms with van der Waals surface area (Å²) in [7, 11) is 2.89. The Bertz CT molecular complexity index is 974. The molecule has 1 fully saturated rings. The van der Waals surface area contributed by atoms with Gasteiger partial charge in [-0.15, -0.1) is 5.10 Å². The summed E-state index contributed by atoms with van der Waals surface area (Å²) < 4.78 is 16.0. The summed E-state index contributed by atoms with van der Waals surface area (Å²) in [4.78, 5) is 23.0. The number of methoxy groups -OCH3 is 2. The van der Waals surface area contributed by atoms with E-state index in [2.05, 4.69) is 15.5 Å². The third-order valence-corrected chi connectivity index (χ3v) is 4.79. The van der Waals surface area contributed by atoms with Crippen molar-refractivity contribution in [3.8, 4) is 11.5 Å². The first-order chi connectivity index (χ1) is 14.1. The van der Waals surface area contributed by atoms with Gasteiger partial charge in [0.1, 0.15) is 23.7 Å². The third kappa shape index (κ3) is 5.35. The molecule has 29 heavy (non-hydrogen) atoms. The molecule has 0 saturated carbocycles. The van der Waals surface area contributed by atoms with Crippen molar-refractivity contribution in [2.45, 2.75) is 6.61 Å². The van der Waals surface area contributed by atoms with Crippen LogP contribution in [0.3, 0.4) is 0 Å². The summed E-state index contributed by atoms with van der Waals surface area (Å²) in [6.07, 6.45) is 1.57. The second-order valence-corrected chi connectivity index (χ2v) is 6.80. The average molecular weight is 413 g/mol. The molecule has 0 unspecified atom stereocenters. The van der Waals surface area contributed by atoms with Gasteiger partial charge in [-0.05, 0) is 35.9 Å². The number of amides is 1. The summed E-state index contributed by atoms with van der Waals surface area (Å²) >= 11 is 1.30. The van der Waals surface area contributed by atoms with Gasteiger partial charge in [0.2, 0.25) is 5.91 Å². The number of thioether (sulfide) groups is 1. The molecule has 0 aromatic heterocycles. The van der Waals surface area contributed by atoms with E-state index >= 15 is 0 Å². The van der Waals surface area contributed by atoms with Gasteiger partial charge in [-0.1, -0.05) is 23.9 Å². The Morgan fingerprint density at radius 1 is 1.21 bits per heavy atom. The van der Waals surface area contributed by atoms with Crippen LogP contribution in [0.2, 0.25) is 0 Å². The van der Waals surface area contributed by atoms with Crippen molar-refractivity contribution < 1.29 is 23.8 Å². The molecule has 150 valence electrons. The summed E-state index contributed by atoms with van der Waals surface area (Å²) in [5.74, 6) is 0.860. The highest BCUT2D eigenvalue weighted by Gasteiger charge is 2.16. The maximum atomic E-state index is 11.9. The topological polar surface area (TPSA) is 98.6 Å². The van der Waals surface area contributed by atoms with E-state index in [1.54, 1.807) is 43.7 Å². The summed E-state index contributed by atoms with van der Waals surface area (Å²) in [5.41, 5.74) is 1.90. The van der Waals surface area contributed by atoms with Crippen molar-refractivity contribution in [1.29, 1.82) is 0 Å². The molecule has 1 N–H and O–H groups in total. The molecule has 9 heteroatoms. The second-order valence-electron chi connectivity index (χ2n) is 5.83. The second kappa shape index (κ2) is 9.74. The van der Waals surface area contributed by atoms with Crippen molar-refractivity contribution >= 4 is 35.0 Å². The first-order valence-electron chi connectivity index (χ1n) is 8.61. The number of carbonyl (C=O) groups excluding carboxylic acids is 2. The molecule has 2 aromatic rings. The lowest BCUT2D eigenvalue weighted by Gasteiger charge is -2.13. The highest BCUT2D eigenvalue weighted by molar-refractivity contribution is 8.15. The number of hydrogen-bond acceptors (Lipinski definition) is 8. The van der Waals surface area contributed by atoms with Crippen LogP contribution in [-0.4, -0.2) is 43.2 Å². The normalized spacial score (nSPS) is 14.8. The number of carbonyl (C=O) groups is 2. The molecule has 1 saturated heterocycles. The van der Waals surface area contributed by atoms with Crippen LogP contribution in [-0.2, 0) is 16.1 Å². The molecule has 0 spiro atoms. The van der Waals surface area contributed by atoms with Crippen molar-refractivity contribution in [2.24, 2.45) is 10.2 Å². The van der Waals surface area contributed by atoms with E-state index in [1.165, 1.54) is 18.9 Å². The summed E-state index contributed by atoms with van der Waals surface area (Å²) in [6, 6.07) is 12.3. The predicted octanol–water partition coefficient (Wildman–Crippen LogP) is 2.61. The Balaban J connectivity index is 1.75. The quantitative estimate of drug-likeness (QED) is 0.426. The molecule has 8 nitrogen and oxygen atoms in total. The Morgan fingerprint density at radius 2 is 2.03 bits per heavy atom. The standard InChI is InChI=1S/C20H19N3O5S/c1-26-16-8-7-13(10-21-23-20-22-18(24)12-29-20)9-14(16)11-28-17-6-4-3-5-15(17)19(25)27-2/h3-10H,11-12H2,1-2H3,(H,22,23,24). The fourth-order valence-electron chi connectivity index (χ4n) is 2.55. The first-order valence-corrected chi connectivity index (χ1v) is 9.60. The summed E-state index contributed by atoms with van der Waals surface area (Å²) in [5, 5.41) is 11.1. The van der Waals surface area contributed by atoms with Gasteiger partial charge < -0.3 is 19.5 Å². The van der Waals surface area contributed by atoms with E-state index in [-0.39, 0.29) is 12.5 Å². The molecule has 0 radical (unpaired) electrons. The van der Waals surface area contributed by atoms with Crippen molar-refractivity contribution in [2.75, 3.05) is 20.0 Å². The van der Waals surface area contributed by atoms with Gasteiger partial charge in [-0.25, -0.2) is 4.79 Å². The lowest BCUT2D eigenvalue weighted by Crippen LogP contribution is -2.19. The predicted molar refractivity (Wildman–Crippen MR) is 111 cm³/mol. The Labute approximate surface area is 171 Å². The van der Waals surface area contributed by atoms with Crippen molar-refractivity contribution in [3.05, 3.63) is 59.2 Å². The fraction of sp³-hybridized carbons (Fsp3) is 0.200. The highest BCUT2D eigenvalue weighted by atomic mass is 32.2. The molecule has 0 bridgehead atoms. The minimum Gasteiger partial charge on any atom is -0.496 e. The van der Waals surface area contributed by atoms with Gasteiger partial charge in [0.05, 0.1) is 26.2 Å². The van der Waals surface area contributed by atoms with Crippen LogP contribution in [0.1, 0.15) is 21.5 Å². The maximum Gasteiger partial charge on any atom is 0.341 e. The lowest BCUT2D eigenvalue weighted by atomic mass is 10.1. The molecule has 1 aliphatic heterocycles. The Hall–Kier alpha value is -3.33. The van der Waals surface area contributed by atoms with E-state index in [0.717, 1.165) is 11.1 Å². The van der Waals surface area contributed by atoms with Crippen LogP contribution < -0.4 is 14.8 Å². The summed E-state index contributed by atoms with van der Waals surface area (Å²) in [6.45, 7) is 0.180. The van der Waals surface area contributed by atoms with Gasteiger partial charge in [0.15, 0.2) is 5.17 Å². The van der Waals surface area contributed by atoms with Crippen molar-refractivity contribution in [3.63, 3.8) is 0 Å². The minimum absolute atomic E-state index is 0.0833. The zero-order chi connectivity index (χ0) is 20.6. The fourth-order valence-corrected chi connectivity index (χ4v) is 3.18.